The van der Waals surface area contributed by atoms with Gasteiger partial charge in [0, 0.05) is 19.0 Å². The second-order valence-corrected chi connectivity index (χ2v) is 5.66. The summed E-state index contributed by atoms with van der Waals surface area (Å²) in [7, 11) is 0. The van der Waals surface area contributed by atoms with E-state index in [1.807, 2.05) is 0 Å². The van der Waals surface area contributed by atoms with Crippen molar-refractivity contribution in [2.75, 3.05) is 6.54 Å². The Hall–Kier alpha value is -2.70. The van der Waals surface area contributed by atoms with Gasteiger partial charge in [-0.15, -0.1) is 0 Å². The van der Waals surface area contributed by atoms with Gasteiger partial charge in [0.05, 0.1) is 17.5 Å². The predicted octanol–water partition coefficient (Wildman–Crippen LogP) is 1.14. The van der Waals surface area contributed by atoms with E-state index in [0.29, 0.717) is 18.0 Å². The average molecular weight is 316 g/mol. The van der Waals surface area contributed by atoms with Crippen molar-refractivity contribution < 1.29 is 24.0 Å². The third-order valence-electron chi connectivity index (χ3n) is 4.05. The molecule has 0 aliphatic carbocycles. The van der Waals surface area contributed by atoms with Crippen LogP contribution in [-0.2, 0) is 14.4 Å². The molecule has 23 heavy (non-hydrogen) atoms. The van der Waals surface area contributed by atoms with Gasteiger partial charge < -0.3 is 9.74 Å². The van der Waals surface area contributed by atoms with E-state index in [9.17, 15) is 19.2 Å². The molecule has 2 heterocycles. The molecule has 0 saturated carbocycles. The summed E-state index contributed by atoms with van der Waals surface area (Å²) in [4.78, 5) is 54.4. The van der Waals surface area contributed by atoms with Gasteiger partial charge >= 0.3 is 5.97 Å². The van der Waals surface area contributed by atoms with E-state index in [-0.39, 0.29) is 29.5 Å². The van der Waals surface area contributed by atoms with Crippen molar-refractivity contribution in [1.82, 2.24) is 9.96 Å². The van der Waals surface area contributed by atoms with Gasteiger partial charge in [-0.05, 0) is 25.5 Å². The number of amides is 3. The number of likely N-dealkylation sites (tertiary alicyclic amines) is 1. The van der Waals surface area contributed by atoms with Gasteiger partial charge in [-0.2, -0.15) is 0 Å². The molecule has 2 aliphatic rings. The van der Waals surface area contributed by atoms with E-state index in [0.717, 1.165) is 6.42 Å². The molecule has 120 valence electrons. The number of imide groups is 1. The summed E-state index contributed by atoms with van der Waals surface area (Å²) in [6.07, 6.45) is 1.19. The van der Waals surface area contributed by atoms with E-state index >= 15 is 0 Å². The molecule has 0 aromatic heterocycles. The summed E-state index contributed by atoms with van der Waals surface area (Å²) in [5.74, 6) is -2.01. The lowest BCUT2D eigenvalue weighted by Crippen LogP contribution is -2.38. The van der Waals surface area contributed by atoms with E-state index < -0.39 is 17.8 Å². The van der Waals surface area contributed by atoms with E-state index in [1.165, 1.54) is 12.1 Å². The maximum atomic E-state index is 12.1. The summed E-state index contributed by atoms with van der Waals surface area (Å²) >= 11 is 0. The second-order valence-electron chi connectivity index (χ2n) is 5.66. The van der Waals surface area contributed by atoms with Crippen molar-refractivity contribution in [3.05, 3.63) is 35.4 Å². The highest BCUT2D eigenvalue weighted by Crippen LogP contribution is 2.23. The Morgan fingerprint density at radius 2 is 1.78 bits per heavy atom. The number of carbonyl (C=O) groups is 4. The molecule has 0 radical (unpaired) electrons. The maximum absolute atomic E-state index is 12.1. The topological polar surface area (TPSA) is 84.0 Å². The van der Waals surface area contributed by atoms with Gasteiger partial charge in [0.15, 0.2) is 0 Å². The first-order valence-corrected chi connectivity index (χ1v) is 7.47. The lowest BCUT2D eigenvalue weighted by atomic mass is 10.1. The normalized spacial score (nSPS) is 18.4. The minimum Gasteiger partial charge on any atom is -0.339 e. The van der Waals surface area contributed by atoms with Crippen LogP contribution in [0.3, 0.4) is 0 Å². The van der Waals surface area contributed by atoms with Crippen LogP contribution < -0.4 is 0 Å². The lowest BCUT2D eigenvalue weighted by Gasteiger charge is -2.23. The molecule has 0 bridgehead atoms. The fraction of sp³-hybridized carbons (Fsp3) is 0.375. The minimum absolute atomic E-state index is 0.00558. The van der Waals surface area contributed by atoms with Gasteiger partial charge in [-0.25, -0.2) is 4.79 Å². The number of hydrogen-bond donors (Lipinski definition) is 0. The number of fused-ring (bicyclic) bond motifs is 1. The molecule has 0 spiro atoms. The zero-order valence-electron chi connectivity index (χ0n) is 12.7. The van der Waals surface area contributed by atoms with Crippen LogP contribution in [0.25, 0.3) is 0 Å². The molecule has 0 N–H and O–H groups in total. The van der Waals surface area contributed by atoms with E-state index in [2.05, 4.69) is 0 Å². The van der Waals surface area contributed by atoms with Crippen LogP contribution in [0, 0.1) is 0 Å². The van der Waals surface area contributed by atoms with Crippen molar-refractivity contribution >= 4 is 23.7 Å². The standard InChI is InChI=1S/C16H16N2O5/c1-10(17-8-4-7-13(17)19)9-14(20)23-18-15(21)11-5-2-3-6-12(11)16(18)22/h2-3,5-6,10H,4,7-9H2,1H3. The Labute approximate surface area is 132 Å². The van der Waals surface area contributed by atoms with Gasteiger partial charge in [-0.3, -0.25) is 14.4 Å². The molecule has 1 saturated heterocycles. The van der Waals surface area contributed by atoms with E-state index in [1.54, 1.807) is 24.0 Å². The number of carbonyl (C=O) groups excluding carboxylic acids is 4. The predicted molar refractivity (Wildman–Crippen MR) is 78.1 cm³/mol. The fourth-order valence-electron chi connectivity index (χ4n) is 2.88. The summed E-state index contributed by atoms with van der Waals surface area (Å²) in [6.45, 7) is 2.35. The van der Waals surface area contributed by atoms with Crippen molar-refractivity contribution in [1.29, 1.82) is 0 Å². The van der Waals surface area contributed by atoms with Gasteiger partial charge in [-0.1, -0.05) is 17.2 Å². The van der Waals surface area contributed by atoms with Gasteiger partial charge in [0.1, 0.15) is 0 Å². The molecule has 1 atom stereocenters. The minimum atomic E-state index is -0.716. The molecule has 7 heteroatoms. The lowest BCUT2D eigenvalue weighted by molar-refractivity contribution is -0.169. The maximum Gasteiger partial charge on any atom is 0.335 e. The number of rotatable bonds is 4. The summed E-state index contributed by atoms with van der Waals surface area (Å²) in [5.41, 5.74) is 0.432. The summed E-state index contributed by atoms with van der Waals surface area (Å²) < 4.78 is 0. The summed E-state index contributed by atoms with van der Waals surface area (Å²) in [6, 6.07) is 5.96. The monoisotopic (exact) mass is 316 g/mol. The summed E-state index contributed by atoms with van der Waals surface area (Å²) in [5, 5.41) is 0.492. The van der Waals surface area contributed by atoms with Crippen LogP contribution in [0.4, 0.5) is 0 Å². The number of benzene rings is 1. The largest absolute Gasteiger partial charge is 0.339 e. The Kier molecular flexibility index (Phi) is 3.85. The Morgan fingerprint density at radius 1 is 1.17 bits per heavy atom. The molecule has 3 rings (SSSR count). The SMILES string of the molecule is CC(CC(=O)ON1C(=O)c2ccccc2C1=O)N1CCCC1=O. The highest BCUT2D eigenvalue weighted by Gasteiger charge is 2.39. The molecule has 7 nitrogen and oxygen atoms in total. The average Bonchev–Trinajstić information content (AvgIpc) is 3.05. The molecular weight excluding hydrogens is 300 g/mol. The zero-order valence-corrected chi connectivity index (χ0v) is 12.7. The Balaban J connectivity index is 1.64. The molecule has 1 aromatic rings. The first-order chi connectivity index (χ1) is 11.0. The first kappa shape index (κ1) is 15.2. The van der Waals surface area contributed by atoms with Crippen LogP contribution in [0.2, 0.25) is 0 Å². The molecular formula is C16H16N2O5. The number of nitrogens with zero attached hydrogens (tertiary/aromatic N) is 2. The Morgan fingerprint density at radius 3 is 2.30 bits per heavy atom. The third-order valence-corrected chi connectivity index (χ3v) is 4.05. The molecule has 3 amide bonds. The van der Waals surface area contributed by atoms with Crippen LogP contribution in [0.5, 0.6) is 0 Å². The first-order valence-electron chi connectivity index (χ1n) is 7.47. The molecule has 1 aromatic carbocycles. The van der Waals surface area contributed by atoms with Crippen molar-refractivity contribution in [2.45, 2.75) is 32.2 Å². The van der Waals surface area contributed by atoms with Gasteiger partial charge in [0.25, 0.3) is 11.8 Å². The number of hydrogen-bond acceptors (Lipinski definition) is 5. The molecule has 2 aliphatic heterocycles. The van der Waals surface area contributed by atoms with Crippen LogP contribution in [-0.4, -0.2) is 46.2 Å². The van der Waals surface area contributed by atoms with Crippen LogP contribution in [0.15, 0.2) is 24.3 Å². The van der Waals surface area contributed by atoms with Crippen molar-refractivity contribution in [3.8, 4) is 0 Å². The fourth-order valence-corrected chi connectivity index (χ4v) is 2.88. The van der Waals surface area contributed by atoms with Crippen molar-refractivity contribution in [2.24, 2.45) is 0 Å². The van der Waals surface area contributed by atoms with Gasteiger partial charge in [0.2, 0.25) is 5.91 Å². The van der Waals surface area contributed by atoms with Crippen LogP contribution >= 0.6 is 0 Å². The second kappa shape index (κ2) is 5.83. The number of hydroxylamine groups is 2. The highest BCUT2D eigenvalue weighted by molar-refractivity contribution is 6.20. The molecule has 1 fully saturated rings. The van der Waals surface area contributed by atoms with Crippen molar-refractivity contribution in [3.63, 3.8) is 0 Å². The van der Waals surface area contributed by atoms with Crippen LogP contribution in [0.1, 0.15) is 46.9 Å². The molecule has 1 unspecified atom stereocenters. The quantitative estimate of drug-likeness (QED) is 0.778. The van der Waals surface area contributed by atoms with E-state index in [4.69, 9.17) is 4.84 Å². The highest BCUT2D eigenvalue weighted by atomic mass is 16.7. The third kappa shape index (κ3) is 2.69. The smallest absolute Gasteiger partial charge is 0.335 e. The zero-order chi connectivity index (χ0) is 16.6. The Bertz CT molecular complexity index is 664.